The van der Waals surface area contributed by atoms with Gasteiger partial charge >= 0.3 is 12.4 Å². The fraction of sp³-hybridized carbons (Fsp3) is 0.310. The number of halogens is 6. The van der Waals surface area contributed by atoms with Crippen LogP contribution in [0.4, 0.5) is 26.3 Å². The summed E-state index contributed by atoms with van der Waals surface area (Å²) in [5, 5.41) is 0. The van der Waals surface area contributed by atoms with Gasteiger partial charge in [-0.3, -0.25) is 0 Å². The number of rotatable bonds is 2. The first-order valence-electron chi connectivity index (χ1n) is 21.6. The quantitative estimate of drug-likeness (QED) is 0.123. The summed E-state index contributed by atoms with van der Waals surface area (Å²) in [6.07, 6.45) is -8.98. The lowest BCUT2D eigenvalue weighted by Crippen LogP contribution is -2.17. The second-order valence-corrected chi connectivity index (χ2v) is 21.0. The van der Waals surface area contributed by atoms with Crippen molar-refractivity contribution < 1.29 is 26.3 Å². The molecule has 0 heterocycles. The van der Waals surface area contributed by atoms with Crippen LogP contribution in [0, 0.1) is 23.7 Å². The van der Waals surface area contributed by atoms with Gasteiger partial charge in [0.25, 0.3) is 0 Å². The molecule has 0 bridgehead atoms. The molecule has 5 aromatic carbocycles. The van der Waals surface area contributed by atoms with E-state index in [1.54, 1.807) is 0 Å². The predicted octanol–water partition coefficient (Wildman–Crippen LogP) is 16.2. The maximum Gasteiger partial charge on any atom is 0.416 e. The predicted molar refractivity (Wildman–Crippen MR) is 251 cm³/mol. The average Bonchev–Trinajstić information content (AvgIpc) is 3.69. The van der Waals surface area contributed by atoms with Crippen molar-refractivity contribution in [2.45, 2.75) is 117 Å². The molecule has 5 aromatic rings. The van der Waals surface area contributed by atoms with Crippen LogP contribution in [0.1, 0.15) is 150 Å². The number of hydrogen-bond acceptors (Lipinski definition) is 0. The van der Waals surface area contributed by atoms with Crippen LogP contribution in [-0.4, -0.2) is 0 Å². The van der Waals surface area contributed by atoms with E-state index in [0.29, 0.717) is 22.3 Å². The van der Waals surface area contributed by atoms with Crippen molar-refractivity contribution in [1.82, 2.24) is 0 Å². The lowest BCUT2D eigenvalue weighted by molar-refractivity contribution is -0.138. The maximum absolute atomic E-state index is 13.7. The SMILES string of the molecule is CC(C)(C)c1cc(C2=C(C#Cc3ccc(C(F)(F)F)cc3)C(c3cc(C(C)(C)C)cc(C(C)(C)C)c3)=C3C2=C(C#Cc2ccc(C(F)(F)F)cc2)c2ccccc23)cc(C(C)(C)C)c1. The topological polar surface area (TPSA) is 0 Å². The monoisotopic (exact) mass is 864 g/mol. The third-order valence-corrected chi connectivity index (χ3v) is 12.0. The Morgan fingerprint density at radius 2 is 0.656 bits per heavy atom. The lowest BCUT2D eigenvalue weighted by atomic mass is 9.77. The summed E-state index contributed by atoms with van der Waals surface area (Å²) in [5.41, 5.74) is 11.5. The molecular weight excluding hydrogens is 811 g/mol. The Morgan fingerprint density at radius 3 is 1.02 bits per heavy atom. The van der Waals surface area contributed by atoms with Crippen molar-refractivity contribution in [1.29, 1.82) is 0 Å². The van der Waals surface area contributed by atoms with E-state index < -0.39 is 23.5 Å². The first-order chi connectivity index (χ1) is 29.5. The molecule has 0 aromatic heterocycles. The van der Waals surface area contributed by atoms with Crippen LogP contribution in [0.3, 0.4) is 0 Å². The zero-order chi connectivity index (χ0) is 46.9. The van der Waals surface area contributed by atoms with Crippen LogP contribution in [0.2, 0.25) is 0 Å². The smallest absolute Gasteiger partial charge is 0.166 e. The molecule has 0 N–H and O–H groups in total. The van der Waals surface area contributed by atoms with E-state index in [-0.39, 0.29) is 21.7 Å². The molecule has 328 valence electrons. The molecule has 0 atom stereocenters. The summed E-state index contributed by atoms with van der Waals surface area (Å²) in [6, 6.07) is 31.3. The van der Waals surface area contributed by atoms with Crippen LogP contribution in [0.15, 0.2) is 120 Å². The molecular formula is C58H54F6. The molecule has 0 spiro atoms. The summed E-state index contributed by atoms with van der Waals surface area (Å²) in [6.45, 7) is 26.2. The van der Waals surface area contributed by atoms with E-state index in [1.807, 2.05) is 18.2 Å². The van der Waals surface area contributed by atoms with Gasteiger partial charge < -0.3 is 0 Å². The highest BCUT2D eigenvalue weighted by Crippen LogP contribution is 2.58. The third-order valence-electron chi connectivity index (χ3n) is 12.0. The van der Waals surface area contributed by atoms with Crippen LogP contribution in [0.25, 0.3) is 22.3 Å². The Balaban J connectivity index is 1.67. The molecule has 7 rings (SSSR count). The van der Waals surface area contributed by atoms with Crippen LogP contribution >= 0.6 is 0 Å². The molecule has 2 aliphatic rings. The van der Waals surface area contributed by atoms with Gasteiger partial charge in [-0.15, -0.1) is 0 Å². The standard InChI is InChI=1S/C58H54F6/c1-53(2,3)41-29-37(30-42(33-41)54(4,5)6)49-48(28-22-36-19-25-40(26-20-36)58(62,63)64)50(38-31-43(55(7,8)9)34-44(32-38)56(10,11)12)52-47(45-15-13-14-16-46(45)51(49)52)27-21-35-17-23-39(24-18-35)57(59,60)61/h13-20,23-26,29-34H,1-12H3. The van der Waals surface area contributed by atoms with Crippen molar-refractivity contribution >= 4 is 22.3 Å². The summed E-state index contributed by atoms with van der Waals surface area (Å²) < 4.78 is 81.9. The van der Waals surface area contributed by atoms with Gasteiger partial charge in [-0.25, -0.2) is 0 Å². The summed E-state index contributed by atoms with van der Waals surface area (Å²) in [7, 11) is 0. The molecule has 64 heavy (non-hydrogen) atoms. The average molecular weight is 865 g/mol. The molecule has 0 saturated heterocycles. The maximum atomic E-state index is 13.7. The first kappa shape index (κ1) is 46.0. The van der Waals surface area contributed by atoms with Crippen molar-refractivity contribution in [3.63, 3.8) is 0 Å². The molecule has 2 aliphatic carbocycles. The van der Waals surface area contributed by atoms with Gasteiger partial charge in [0.05, 0.1) is 11.1 Å². The Labute approximate surface area is 375 Å². The van der Waals surface area contributed by atoms with Gasteiger partial charge in [-0.05, 0) is 115 Å². The molecule has 0 unspecified atom stereocenters. The van der Waals surface area contributed by atoms with Crippen LogP contribution < -0.4 is 0 Å². The van der Waals surface area contributed by atoms with E-state index >= 15 is 0 Å². The third kappa shape index (κ3) is 9.30. The Hall–Kier alpha value is -5.98. The number of fused-ring (bicyclic) bond motifs is 3. The number of hydrogen-bond donors (Lipinski definition) is 0. The van der Waals surface area contributed by atoms with Gasteiger partial charge in [0.1, 0.15) is 0 Å². The summed E-state index contributed by atoms with van der Waals surface area (Å²) >= 11 is 0. The molecule has 6 heteroatoms. The van der Waals surface area contributed by atoms with E-state index in [9.17, 15) is 26.3 Å². The zero-order valence-corrected chi connectivity index (χ0v) is 38.7. The molecule has 0 saturated carbocycles. The summed E-state index contributed by atoms with van der Waals surface area (Å²) in [5.74, 6) is 13.5. The number of allylic oxidation sites excluding steroid dienone is 6. The zero-order valence-electron chi connectivity index (χ0n) is 38.7. The van der Waals surface area contributed by atoms with Gasteiger partial charge in [0.2, 0.25) is 0 Å². The minimum Gasteiger partial charge on any atom is -0.166 e. The second-order valence-electron chi connectivity index (χ2n) is 21.0. The molecule has 0 aliphatic heterocycles. The minimum absolute atomic E-state index is 0.230. The molecule has 0 nitrogen and oxygen atoms in total. The van der Waals surface area contributed by atoms with Crippen LogP contribution in [-0.2, 0) is 34.0 Å². The highest BCUT2D eigenvalue weighted by atomic mass is 19.4. The minimum atomic E-state index is -4.49. The van der Waals surface area contributed by atoms with E-state index in [2.05, 4.69) is 149 Å². The van der Waals surface area contributed by atoms with Crippen molar-refractivity contribution in [3.8, 4) is 23.7 Å². The highest BCUT2D eigenvalue weighted by Gasteiger charge is 2.40. The van der Waals surface area contributed by atoms with Gasteiger partial charge in [0, 0.05) is 44.6 Å². The van der Waals surface area contributed by atoms with Crippen molar-refractivity contribution in [2.75, 3.05) is 0 Å². The number of benzene rings is 5. The van der Waals surface area contributed by atoms with Gasteiger partial charge in [0.15, 0.2) is 0 Å². The van der Waals surface area contributed by atoms with E-state index in [4.69, 9.17) is 0 Å². The second kappa shape index (κ2) is 15.9. The normalized spacial score (nSPS) is 14.6. The Morgan fingerprint density at radius 1 is 0.312 bits per heavy atom. The van der Waals surface area contributed by atoms with Crippen molar-refractivity contribution in [2.24, 2.45) is 0 Å². The fourth-order valence-electron chi connectivity index (χ4n) is 8.06. The van der Waals surface area contributed by atoms with E-state index in [1.165, 1.54) is 24.3 Å². The number of alkyl halides is 6. The van der Waals surface area contributed by atoms with Crippen molar-refractivity contribution in [3.05, 3.63) is 187 Å². The largest absolute Gasteiger partial charge is 0.416 e. The van der Waals surface area contributed by atoms with Gasteiger partial charge in [-0.2, -0.15) is 26.3 Å². The molecule has 0 amide bonds. The fourth-order valence-corrected chi connectivity index (χ4v) is 8.06. The molecule has 0 fully saturated rings. The Kier molecular flexibility index (Phi) is 11.4. The van der Waals surface area contributed by atoms with Gasteiger partial charge in [-0.1, -0.05) is 167 Å². The first-order valence-corrected chi connectivity index (χ1v) is 21.6. The lowest BCUT2D eigenvalue weighted by Gasteiger charge is -2.27. The summed E-state index contributed by atoms with van der Waals surface area (Å²) in [4.78, 5) is 0. The highest BCUT2D eigenvalue weighted by molar-refractivity contribution is 6.30. The van der Waals surface area contributed by atoms with E-state index in [0.717, 1.165) is 91.1 Å². The molecule has 0 radical (unpaired) electrons. The Bertz CT molecular complexity index is 2830. The van der Waals surface area contributed by atoms with Crippen LogP contribution in [0.5, 0.6) is 0 Å².